The Labute approximate surface area is 81.7 Å². The van der Waals surface area contributed by atoms with Crippen LogP contribution in [-0.2, 0) is 0 Å². The predicted octanol–water partition coefficient (Wildman–Crippen LogP) is 4.00. The van der Waals surface area contributed by atoms with E-state index in [-0.39, 0.29) is 0 Å². The molecule has 0 radical (unpaired) electrons. The Kier molecular flexibility index (Phi) is 2.88. The van der Waals surface area contributed by atoms with Gasteiger partial charge < -0.3 is 0 Å². The van der Waals surface area contributed by atoms with Gasteiger partial charge in [0.25, 0.3) is 0 Å². The van der Waals surface area contributed by atoms with Crippen molar-refractivity contribution in [2.45, 2.75) is 6.92 Å². The third-order valence-electron chi connectivity index (χ3n) is 1.80. The van der Waals surface area contributed by atoms with E-state index in [0.717, 1.165) is 15.6 Å². The summed E-state index contributed by atoms with van der Waals surface area (Å²) in [6, 6.07) is 6.11. The van der Waals surface area contributed by atoms with Gasteiger partial charge in [-0.1, -0.05) is 53.4 Å². The Balaban J connectivity index is 3.39. The zero-order valence-corrected chi connectivity index (χ0v) is 8.69. The first-order valence-electron chi connectivity index (χ1n) is 3.73. The van der Waals surface area contributed by atoms with Gasteiger partial charge in [-0.3, -0.25) is 0 Å². The Hall–Kier alpha value is -0.820. The number of benzene rings is 1. The van der Waals surface area contributed by atoms with Gasteiger partial charge in [-0.25, -0.2) is 0 Å². The van der Waals surface area contributed by atoms with E-state index in [2.05, 4.69) is 42.1 Å². The lowest BCUT2D eigenvalue weighted by Gasteiger charge is -2.07. The van der Waals surface area contributed by atoms with E-state index < -0.39 is 0 Å². The first-order valence-corrected chi connectivity index (χ1v) is 4.53. The highest BCUT2D eigenvalue weighted by molar-refractivity contribution is 9.15. The first kappa shape index (κ1) is 9.27. The molecule has 0 aliphatic rings. The molecule has 12 heavy (non-hydrogen) atoms. The third-order valence-corrected chi connectivity index (χ3v) is 2.19. The maximum absolute atomic E-state index is 3.86. The molecule has 0 N–H and O–H groups in total. The summed E-state index contributed by atoms with van der Waals surface area (Å²) in [6.07, 6.45) is 1.84. The summed E-state index contributed by atoms with van der Waals surface area (Å²) < 4.78 is 0.913. The molecule has 0 unspecified atom stereocenters. The van der Waals surface area contributed by atoms with Crippen LogP contribution in [0.1, 0.15) is 16.7 Å². The van der Waals surface area contributed by atoms with Gasteiger partial charge in [0.2, 0.25) is 0 Å². The summed E-state index contributed by atoms with van der Waals surface area (Å²) >= 11 is 3.38. The largest absolute Gasteiger partial charge is 0.0984 e. The molecule has 0 amide bonds. The van der Waals surface area contributed by atoms with Gasteiger partial charge in [-0.2, -0.15) is 0 Å². The topological polar surface area (TPSA) is 0 Å². The molecule has 0 fully saturated rings. The van der Waals surface area contributed by atoms with E-state index in [4.69, 9.17) is 0 Å². The minimum Gasteiger partial charge on any atom is -0.0984 e. The molecule has 0 aliphatic carbocycles. The van der Waals surface area contributed by atoms with E-state index in [1.807, 2.05) is 18.2 Å². The molecule has 0 saturated carbocycles. The van der Waals surface area contributed by atoms with Crippen molar-refractivity contribution < 1.29 is 0 Å². The van der Waals surface area contributed by atoms with E-state index in [1.54, 1.807) is 0 Å². The Bertz CT molecular complexity index is 324. The van der Waals surface area contributed by atoms with Crippen LogP contribution in [0.5, 0.6) is 0 Å². The van der Waals surface area contributed by atoms with E-state index >= 15 is 0 Å². The lowest BCUT2D eigenvalue weighted by molar-refractivity contribution is 1.43. The average Bonchev–Trinajstić information content (AvgIpc) is 2.03. The van der Waals surface area contributed by atoms with E-state index in [9.17, 15) is 0 Å². The Morgan fingerprint density at radius 1 is 1.50 bits per heavy atom. The van der Waals surface area contributed by atoms with Crippen LogP contribution in [0.3, 0.4) is 0 Å². The number of aryl methyl sites for hydroxylation is 1. The molecule has 1 aromatic rings. The molecule has 0 nitrogen and oxygen atoms in total. The third kappa shape index (κ3) is 1.67. The molecule has 0 saturated heterocycles. The molecule has 0 heterocycles. The summed E-state index contributed by atoms with van der Waals surface area (Å²) in [6.45, 7) is 9.68. The minimum atomic E-state index is 0.913. The van der Waals surface area contributed by atoms with Crippen molar-refractivity contribution in [3.63, 3.8) is 0 Å². The predicted molar refractivity (Wildman–Crippen MR) is 59.2 cm³/mol. The fourth-order valence-electron chi connectivity index (χ4n) is 1.23. The van der Waals surface area contributed by atoms with Crippen molar-refractivity contribution in [1.29, 1.82) is 0 Å². The normalized spacial score (nSPS) is 9.50. The summed E-state index contributed by atoms with van der Waals surface area (Å²) in [5.74, 6) is 0. The second-order valence-corrected chi connectivity index (χ2v) is 3.61. The zero-order valence-electron chi connectivity index (χ0n) is 7.10. The molecule has 0 aliphatic heterocycles. The first-order chi connectivity index (χ1) is 5.66. The van der Waals surface area contributed by atoms with Gasteiger partial charge in [0, 0.05) is 4.48 Å². The second kappa shape index (κ2) is 3.72. The van der Waals surface area contributed by atoms with Crippen molar-refractivity contribution >= 4 is 26.5 Å². The van der Waals surface area contributed by atoms with E-state index in [1.165, 1.54) is 5.56 Å². The zero-order chi connectivity index (χ0) is 9.14. The molecule has 0 atom stereocenters. The quantitative estimate of drug-likeness (QED) is 0.710. The smallest absolute Gasteiger partial charge is 0.0184 e. The van der Waals surface area contributed by atoms with Crippen molar-refractivity contribution in [2.24, 2.45) is 0 Å². The molecule has 62 valence electrons. The second-order valence-electron chi connectivity index (χ2n) is 2.65. The van der Waals surface area contributed by atoms with Crippen molar-refractivity contribution in [1.82, 2.24) is 0 Å². The molecule has 1 heteroatoms. The van der Waals surface area contributed by atoms with Gasteiger partial charge in [-0.05, 0) is 23.6 Å². The van der Waals surface area contributed by atoms with Crippen LogP contribution in [0.2, 0.25) is 0 Å². The van der Waals surface area contributed by atoms with Gasteiger partial charge in [-0.15, -0.1) is 0 Å². The molecule has 1 aromatic carbocycles. The van der Waals surface area contributed by atoms with Crippen LogP contribution < -0.4 is 0 Å². The van der Waals surface area contributed by atoms with Crippen LogP contribution in [-0.4, -0.2) is 0 Å². The summed E-state index contributed by atoms with van der Waals surface area (Å²) in [7, 11) is 0. The molecule has 0 bridgehead atoms. The van der Waals surface area contributed by atoms with Gasteiger partial charge in [0.1, 0.15) is 0 Å². The highest BCUT2D eigenvalue weighted by atomic mass is 79.9. The summed E-state index contributed by atoms with van der Waals surface area (Å²) in [5, 5.41) is 0. The van der Waals surface area contributed by atoms with Crippen LogP contribution in [0, 0.1) is 6.92 Å². The van der Waals surface area contributed by atoms with Gasteiger partial charge in [0.15, 0.2) is 0 Å². The molecule has 0 aromatic heterocycles. The van der Waals surface area contributed by atoms with Gasteiger partial charge in [0.05, 0.1) is 0 Å². The van der Waals surface area contributed by atoms with E-state index in [0.29, 0.717) is 0 Å². The Morgan fingerprint density at radius 2 is 2.17 bits per heavy atom. The summed E-state index contributed by atoms with van der Waals surface area (Å²) in [5.41, 5.74) is 3.48. The van der Waals surface area contributed by atoms with Crippen molar-refractivity contribution in [2.75, 3.05) is 0 Å². The molecule has 1 rings (SSSR count). The van der Waals surface area contributed by atoms with Crippen LogP contribution in [0.15, 0.2) is 31.4 Å². The maximum Gasteiger partial charge on any atom is 0.0184 e. The van der Waals surface area contributed by atoms with Crippen molar-refractivity contribution in [3.8, 4) is 0 Å². The minimum absolute atomic E-state index is 0.913. The highest BCUT2D eigenvalue weighted by Crippen LogP contribution is 2.26. The fraction of sp³-hybridized carbons (Fsp3) is 0.0909. The monoisotopic (exact) mass is 222 g/mol. The number of halogens is 1. The number of hydrogen-bond donors (Lipinski definition) is 0. The Morgan fingerprint density at radius 3 is 2.58 bits per heavy atom. The van der Waals surface area contributed by atoms with Crippen molar-refractivity contribution in [3.05, 3.63) is 48.0 Å². The standard InChI is InChI=1S/C11H11Br/c1-4-10-7-5-6-8(2)11(10)9(3)12/h4-7H,1,3H2,2H3. The lowest BCUT2D eigenvalue weighted by atomic mass is 10.0. The molecule has 0 spiro atoms. The number of hydrogen-bond acceptors (Lipinski definition) is 0. The van der Waals surface area contributed by atoms with Crippen LogP contribution in [0.4, 0.5) is 0 Å². The maximum atomic E-state index is 3.86. The highest BCUT2D eigenvalue weighted by Gasteiger charge is 2.03. The fourth-order valence-corrected chi connectivity index (χ4v) is 1.77. The SMILES string of the molecule is C=Cc1cccc(C)c1C(=C)Br. The molecular formula is C11H11Br. The molecular weight excluding hydrogens is 212 g/mol. The van der Waals surface area contributed by atoms with Crippen LogP contribution in [0.25, 0.3) is 10.6 Å². The van der Waals surface area contributed by atoms with Gasteiger partial charge >= 0.3 is 0 Å². The number of rotatable bonds is 2. The average molecular weight is 223 g/mol. The summed E-state index contributed by atoms with van der Waals surface area (Å²) in [4.78, 5) is 0. The van der Waals surface area contributed by atoms with Crippen LogP contribution >= 0.6 is 15.9 Å². The lowest BCUT2D eigenvalue weighted by Crippen LogP contribution is -1.87.